The molecule has 0 aromatic heterocycles. The Balaban J connectivity index is 3.42. The Labute approximate surface area is 112 Å². The first kappa shape index (κ1) is 15.7. The molecule has 0 fully saturated rings. The molecule has 9 heteroatoms. The lowest BCUT2D eigenvalue weighted by molar-refractivity contribution is -0.191. The number of hydrogen-bond donors (Lipinski definition) is 4. The lowest BCUT2D eigenvalue weighted by Gasteiger charge is -2.29. The second kappa shape index (κ2) is 6.21. The Morgan fingerprint density at radius 2 is 1.65 bits per heavy atom. The van der Waals surface area contributed by atoms with Gasteiger partial charge >= 0.3 is 11.9 Å². The minimum absolute atomic E-state index is 0.122. The van der Waals surface area contributed by atoms with Crippen LogP contribution in [0.25, 0.3) is 0 Å². The summed E-state index contributed by atoms with van der Waals surface area (Å²) in [5.41, 5.74) is -3.12. The van der Waals surface area contributed by atoms with E-state index in [4.69, 9.17) is 16.9 Å². The topological polar surface area (TPSA) is 162 Å². The van der Waals surface area contributed by atoms with Crippen molar-refractivity contribution in [3.63, 3.8) is 0 Å². The zero-order chi connectivity index (χ0) is 15.3. The molecule has 0 bridgehead atoms. The predicted molar refractivity (Wildman–Crippen MR) is 63.1 cm³/mol. The Bertz CT molecular complexity index is 519. The van der Waals surface area contributed by atoms with E-state index >= 15 is 0 Å². The maximum atomic E-state index is 12.3. The summed E-state index contributed by atoms with van der Waals surface area (Å²) in [7, 11) is 0. The van der Waals surface area contributed by atoms with Crippen LogP contribution in [-0.2, 0) is 19.3 Å². The third kappa shape index (κ3) is 2.51. The number of carbonyl (C=O) groups is 3. The maximum absolute atomic E-state index is 12.3. The minimum atomic E-state index is -3.00. The van der Waals surface area contributed by atoms with Gasteiger partial charge in [0.05, 0.1) is 0 Å². The maximum Gasteiger partial charge on any atom is 0.349 e. The fraction of sp³-hybridized carbons (Fsp3) is 0.182. The van der Waals surface area contributed by atoms with Crippen molar-refractivity contribution in [3.8, 4) is 0 Å². The summed E-state index contributed by atoms with van der Waals surface area (Å²) < 4.78 is 0. The number of ketones is 1. The molecule has 20 heavy (non-hydrogen) atoms. The summed E-state index contributed by atoms with van der Waals surface area (Å²) in [6.45, 7) is 0. The SMILES string of the molecule is NOC(C(=O)O)C(ON)(C(=O)O)C(=O)c1ccccc1. The van der Waals surface area contributed by atoms with E-state index in [9.17, 15) is 19.5 Å². The number of hydrogen-bond acceptors (Lipinski definition) is 7. The Morgan fingerprint density at radius 1 is 1.10 bits per heavy atom. The molecule has 2 atom stereocenters. The summed E-state index contributed by atoms with van der Waals surface area (Å²) >= 11 is 0. The highest BCUT2D eigenvalue weighted by molar-refractivity contribution is 6.17. The van der Waals surface area contributed by atoms with E-state index in [2.05, 4.69) is 9.68 Å². The summed E-state index contributed by atoms with van der Waals surface area (Å²) in [6, 6.07) is 7.03. The van der Waals surface area contributed by atoms with Gasteiger partial charge in [0.25, 0.3) is 5.60 Å². The van der Waals surface area contributed by atoms with E-state index in [1.165, 1.54) is 24.3 Å². The molecule has 0 spiro atoms. The van der Waals surface area contributed by atoms with Gasteiger partial charge in [-0.25, -0.2) is 21.4 Å². The number of aliphatic carboxylic acids is 2. The zero-order valence-corrected chi connectivity index (χ0v) is 10.1. The molecule has 0 heterocycles. The molecule has 1 aromatic carbocycles. The van der Waals surface area contributed by atoms with Crippen molar-refractivity contribution < 1.29 is 34.3 Å². The third-order valence-electron chi connectivity index (χ3n) is 2.61. The Morgan fingerprint density at radius 3 is 2.00 bits per heavy atom. The van der Waals surface area contributed by atoms with E-state index in [0.29, 0.717) is 0 Å². The lowest BCUT2D eigenvalue weighted by Crippen LogP contribution is -2.63. The van der Waals surface area contributed by atoms with Gasteiger partial charge in [0.15, 0.2) is 0 Å². The van der Waals surface area contributed by atoms with Gasteiger partial charge in [-0.3, -0.25) is 14.5 Å². The molecule has 0 aliphatic carbocycles. The molecule has 0 radical (unpaired) electrons. The van der Waals surface area contributed by atoms with Crippen LogP contribution in [-0.4, -0.2) is 39.6 Å². The summed E-state index contributed by atoms with van der Waals surface area (Å²) in [6.07, 6.45) is -2.32. The van der Waals surface area contributed by atoms with Crippen LogP contribution in [0.3, 0.4) is 0 Å². The Hall–Kier alpha value is -2.33. The van der Waals surface area contributed by atoms with Crippen molar-refractivity contribution in [1.29, 1.82) is 0 Å². The molecule has 108 valence electrons. The van der Waals surface area contributed by atoms with Crippen molar-refractivity contribution >= 4 is 17.7 Å². The van der Waals surface area contributed by atoms with Crippen LogP contribution in [0.15, 0.2) is 30.3 Å². The molecule has 2 unspecified atom stereocenters. The molecule has 0 saturated heterocycles. The van der Waals surface area contributed by atoms with Crippen molar-refractivity contribution in [1.82, 2.24) is 0 Å². The highest BCUT2D eigenvalue weighted by atomic mass is 16.7. The fourth-order valence-corrected chi connectivity index (χ4v) is 1.63. The van der Waals surface area contributed by atoms with Crippen LogP contribution >= 0.6 is 0 Å². The van der Waals surface area contributed by atoms with Gasteiger partial charge in [0.1, 0.15) is 0 Å². The molecular formula is C11H12N2O7. The quantitative estimate of drug-likeness (QED) is 0.277. The predicted octanol–water partition coefficient (Wildman–Crippen LogP) is -1.07. The van der Waals surface area contributed by atoms with Gasteiger partial charge in [-0.2, -0.15) is 0 Å². The molecule has 0 saturated carbocycles. The molecule has 0 aliphatic heterocycles. The molecule has 0 amide bonds. The van der Waals surface area contributed by atoms with Crippen LogP contribution in [0.4, 0.5) is 0 Å². The van der Waals surface area contributed by atoms with E-state index in [1.807, 2.05) is 0 Å². The summed E-state index contributed by atoms with van der Waals surface area (Å²) in [5.74, 6) is 4.66. The minimum Gasteiger partial charge on any atom is -0.479 e. The van der Waals surface area contributed by atoms with Crippen LogP contribution in [0, 0.1) is 0 Å². The van der Waals surface area contributed by atoms with E-state index < -0.39 is 29.4 Å². The van der Waals surface area contributed by atoms with E-state index in [-0.39, 0.29) is 5.56 Å². The monoisotopic (exact) mass is 284 g/mol. The van der Waals surface area contributed by atoms with Gasteiger partial charge in [-0.1, -0.05) is 30.3 Å². The largest absolute Gasteiger partial charge is 0.479 e. The van der Waals surface area contributed by atoms with Crippen LogP contribution in [0.1, 0.15) is 10.4 Å². The van der Waals surface area contributed by atoms with Gasteiger partial charge in [-0.05, 0) is 0 Å². The van der Waals surface area contributed by atoms with Gasteiger partial charge in [-0.15, -0.1) is 0 Å². The van der Waals surface area contributed by atoms with E-state index in [0.717, 1.165) is 0 Å². The molecule has 9 nitrogen and oxygen atoms in total. The normalized spacial score (nSPS) is 15.1. The Kier molecular flexibility index (Phi) is 4.88. The summed E-state index contributed by atoms with van der Waals surface area (Å²) in [5, 5.41) is 18.1. The second-order valence-electron chi connectivity index (χ2n) is 3.71. The first-order valence-electron chi connectivity index (χ1n) is 5.21. The fourth-order valence-electron chi connectivity index (χ4n) is 1.63. The zero-order valence-electron chi connectivity index (χ0n) is 10.1. The molecule has 6 N–H and O–H groups in total. The van der Waals surface area contributed by atoms with Crippen molar-refractivity contribution in [2.45, 2.75) is 11.7 Å². The molecule has 1 aromatic rings. The van der Waals surface area contributed by atoms with Crippen molar-refractivity contribution in [2.75, 3.05) is 0 Å². The number of Topliss-reactive ketones (excluding diaryl/α,β-unsaturated/α-hetero) is 1. The molecule has 1 rings (SSSR count). The number of nitrogens with two attached hydrogens (primary N) is 2. The number of carboxylic acids is 2. The average Bonchev–Trinajstić information content (AvgIpc) is 2.44. The lowest BCUT2D eigenvalue weighted by atomic mass is 9.87. The van der Waals surface area contributed by atoms with Gasteiger partial charge < -0.3 is 10.2 Å². The highest BCUT2D eigenvalue weighted by Crippen LogP contribution is 2.23. The van der Waals surface area contributed by atoms with Crippen molar-refractivity contribution in [3.05, 3.63) is 35.9 Å². The molecular weight excluding hydrogens is 272 g/mol. The van der Waals surface area contributed by atoms with Crippen LogP contribution in [0.2, 0.25) is 0 Å². The number of benzene rings is 1. The number of carboxylic acid groups (broad SMARTS) is 2. The third-order valence-corrected chi connectivity index (χ3v) is 2.61. The van der Waals surface area contributed by atoms with Crippen LogP contribution < -0.4 is 11.8 Å². The van der Waals surface area contributed by atoms with Crippen LogP contribution in [0.5, 0.6) is 0 Å². The second-order valence-corrected chi connectivity index (χ2v) is 3.71. The summed E-state index contributed by atoms with van der Waals surface area (Å²) in [4.78, 5) is 42.9. The highest BCUT2D eigenvalue weighted by Gasteiger charge is 2.59. The van der Waals surface area contributed by atoms with Crippen molar-refractivity contribution in [2.24, 2.45) is 11.8 Å². The van der Waals surface area contributed by atoms with Gasteiger partial charge in [0.2, 0.25) is 11.9 Å². The first-order chi connectivity index (χ1) is 9.41. The average molecular weight is 284 g/mol. The van der Waals surface area contributed by atoms with Gasteiger partial charge in [0, 0.05) is 5.56 Å². The smallest absolute Gasteiger partial charge is 0.349 e. The molecule has 0 aliphatic rings. The standard InChI is InChI=1S/C11H12N2O7/c12-19-8(9(15)16)11(20-13,10(17)18)7(14)6-4-2-1-3-5-6/h1-5,8H,12-13H2,(H,15,16)(H,17,18). The first-order valence-corrected chi connectivity index (χ1v) is 5.21. The van der Waals surface area contributed by atoms with E-state index in [1.54, 1.807) is 6.07 Å². The number of carbonyl (C=O) groups excluding carboxylic acids is 1. The number of rotatable bonds is 7.